The Bertz CT molecular complexity index is 1010. The van der Waals surface area contributed by atoms with Crippen LogP contribution < -0.4 is 10.1 Å². The lowest BCUT2D eigenvalue weighted by atomic mass is 10.1. The maximum absolute atomic E-state index is 13.6. The van der Waals surface area contributed by atoms with Crippen LogP contribution in [0.1, 0.15) is 21.7 Å². The van der Waals surface area contributed by atoms with E-state index in [1.54, 1.807) is 6.07 Å². The first-order valence-electron chi connectivity index (χ1n) is 8.93. The van der Waals surface area contributed by atoms with E-state index in [2.05, 4.69) is 15.5 Å². The van der Waals surface area contributed by atoms with Crippen molar-refractivity contribution < 1.29 is 32.7 Å². The number of carbonyl (C=O) groups excluding carboxylic acids is 1. The number of aliphatic hydroxyl groups is 1. The van der Waals surface area contributed by atoms with Gasteiger partial charge in [0.05, 0.1) is 17.7 Å². The van der Waals surface area contributed by atoms with Crippen molar-refractivity contribution in [1.82, 2.24) is 15.5 Å². The lowest BCUT2D eigenvalue weighted by Gasteiger charge is -2.08. The molecule has 2 N–H and O–H groups in total. The molecule has 0 unspecified atom stereocenters. The minimum atomic E-state index is -1.03. The molecule has 0 aliphatic carbocycles. The zero-order valence-corrected chi connectivity index (χ0v) is 16.0. The Labute approximate surface area is 170 Å². The summed E-state index contributed by atoms with van der Waals surface area (Å²) in [4.78, 5) is 16.0. The minimum Gasteiger partial charge on any atom is -0.473 e. The number of amides is 1. The summed E-state index contributed by atoms with van der Waals surface area (Å²) < 4.78 is 42.3. The highest BCUT2D eigenvalue weighted by Crippen LogP contribution is 2.28. The number of aliphatic hydroxyl groups excluding tert-OH is 1. The normalized spacial score (nSPS) is 10.8. The molecule has 0 aliphatic heterocycles. The summed E-state index contributed by atoms with van der Waals surface area (Å²) in [5.74, 6) is -1.98. The Hall–Kier alpha value is -3.37. The number of nitrogens with zero attached hydrogens (tertiary/aromatic N) is 2. The topological polar surface area (TPSA) is 107 Å². The second kappa shape index (κ2) is 9.90. The number of ether oxygens (including phenoxy) is 2. The summed E-state index contributed by atoms with van der Waals surface area (Å²) in [6, 6.07) is 6.35. The summed E-state index contributed by atoms with van der Waals surface area (Å²) in [6.07, 6.45) is 1.36. The number of rotatable bonds is 9. The van der Waals surface area contributed by atoms with E-state index in [-0.39, 0.29) is 35.4 Å². The van der Waals surface area contributed by atoms with Crippen molar-refractivity contribution in [2.75, 3.05) is 20.3 Å². The van der Waals surface area contributed by atoms with E-state index in [0.29, 0.717) is 24.3 Å². The highest BCUT2D eigenvalue weighted by Gasteiger charge is 2.19. The molecule has 3 aromatic rings. The van der Waals surface area contributed by atoms with E-state index in [4.69, 9.17) is 14.0 Å². The smallest absolute Gasteiger partial charge is 0.252 e. The Morgan fingerprint density at radius 1 is 1.23 bits per heavy atom. The van der Waals surface area contributed by atoms with E-state index in [0.717, 1.165) is 12.1 Å². The van der Waals surface area contributed by atoms with Gasteiger partial charge in [0.25, 0.3) is 5.91 Å². The average Bonchev–Trinajstić information content (AvgIpc) is 3.17. The number of nitrogens with one attached hydrogen (secondary N) is 1. The van der Waals surface area contributed by atoms with Gasteiger partial charge in [-0.15, -0.1) is 0 Å². The fourth-order valence-corrected chi connectivity index (χ4v) is 2.60. The van der Waals surface area contributed by atoms with Gasteiger partial charge in [-0.2, -0.15) is 0 Å². The molecule has 1 aromatic carbocycles. The van der Waals surface area contributed by atoms with Gasteiger partial charge in [-0.3, -0.25) is 4.79 Å². The Morgan fingerprint density at radius 3 is 2.73 bits per heavy atom. The van der Waals surface area contributed by atoms with E-state index >= 15 is 0 Å². The van der Waals surface area contributed by atoms with Crippen LogP contribution in [0.5, 0.6) is 5.88 Å². The number of hydrogen-bond donors (Lipinski definition) is 2. The standard InChI is InChI=1S/C20H19F2N3O5/c1-28-7-6-23-20(27)13-3-5-18(24-9-13)29-11-14-17(10-26)30-25-19(14)12-2-4-15(21)16(22)8-12/h2-5,8-9,26H,6-7,10-11H2,1H3,(H,23,27). The van der Waals surface area contributed by atoms with Crippen LogP contribution in [0.25, 0.3) is 11.3 Å². The summed E-state index contributed by atoms with van der Waals surface area (Å²) in [5, 5.41) is 16.0. The predicted molar refractivity (Wildman–Crippen MR) is 101 cm³/mol. The third-order valence-electron chi connectivity index (χ3n) is 4.16. The van der Waals surface area contributed by atoms with Crippen LogP contribution in [0.15, 0.2) is 41.1 Å². The van der Waals surface area contributed by atoms with Crippen LogP contribution in [0.3, 0.4) is 0 Å². The van der Waals surface area contributed by atoms with E-state index in [9.17, 15) is 18.7 Å². The molecule has 30 heavy (non-hydrogen) atoms. The van der Waals surface area contributed by atoms with Crippen LogP contribution in [0.4, 0.5) is 8.78 Å². The third kappa shape index (κ3) is 4.97. The summed E-state index contributed by atoms with van der Waals surface area (Å²) in [6.45, 7) is 0.216. The van der Waals surface area contributed by atoms with Crippen molar-refractivity contribution >= 4 is 5.91 Å². The molecule has 8 nitrogen and oxygen atoms in total. The van der Waals surface area contributed by atoms with Crippen LogP contribution in [0, 0.1) is 11.6 Å². The van der Waals surface area contributed by atoms with Crippen molar-refractivity contribution in [3.63, 3.8) is 0 Å². The molecule has 1 amide bonds. The highest BCUT2D eigenvalue weighted by atomic mass is 19.2. The van der Waals surface area contributed by atoms with Gasteiger partial charge in [0.15, 0.2) is 17.4 Å². The molecule has 2 aromatic heterocycles. The minimum absolute atomic E-state index is 0.0971. The molecule has 0 spiro atoms. The molecule has 0 bridgehead atoms. The maximum atomic E-state index is 13.6. The van der Waals surface area contributed by atoms with Crippen LogP contribution in [-0.4, -0.2) is 41.4 Å². The van der Waals surface area contributed by atoms with Gasteiger partial charge in [-0.05, 0) is 24.3 Å². The molecular weight excluding hydrogens is 400 g/mol. The average molecular weight is 419 g/mol. The summed E-state index contributed by atoms with van der Waals surface area (Å²) >= 11 is 0. The second-order valence-electron chi connectivity index (χ2n) is 6.14. The van der Waals surface area contributed by atoms with Crippen LogP contribution >= 0.6 is 0 Å². The molecule has 3 rings (SSSR count). The number of carbonyl (C=O) groups is 1. The molecule has 0 radical (unpaired) electrons. The largest absolute Gasteiger partial charge is 0.473 e. The fourth-order valence-electron chi connectivity index (χ4n) is 2.60. The molecule has 0 saturated carbocycles. The number of benzene rings is 1. The van der Waals surface area contributed by atoms with Gasteiger partial charge < -0.3 is 24.4 Å². The van der Waals surface area contributed by atoms with Crippen molar-refractivity contribution in [3.8, 4) is 17.1 Å². The zero-order chi connectivity index (χ0) is 21.5. The van der Waals surface area contributed by atoms with E-state index in [1.807, 2.05) is 0 Å². The molecule has 10 heteroatoms. The van der Waals surface area contributed by atoms with Gasteiger partial charge in [0, 0.05) is 31.5 Å². The van der Waals surface area contributed by atoms with Crippen molar-refractivity contribution in [3.05, 3.63) is 65.1 Å². The van der Waals surface area contributed by atoms with E-state index < -0.39 is 18.2 Å². The molecule has 158 valence electrons. The van der Waals surface area contributed by atoms with Gasteiger partial charge in [-0.1, -0.05) is 5.16 Å². The van der Waals surface area contributed by atoms with Gasteiger partial charge in [0.2, 0.25) is 5.88 Å². The molecule has 0 aliphatic rings. The van der Waals surface area contributed by atoms with Crippen LogP contribution in [-0.2, 0) is 18.0 Å². The van der Waals surface area contributed by atoms with Gasteiger partial charge in [0.1, 0.15) is 18.9 Å². The van der Waals surface area contributed by atoms with Crippen molar-refractivity contribution in [2.45, 2.75) is 13.2 Å². The Morgan fingerprint density at radius 2 is 2.07 bits per heavy atom. The first kappa shape index (κ1) is 21.3. The number of aromatic nitrogens is 2. The number of methoxy groups -OCH3 is 1. The maximum Gasteiger partial charge on any atom is 0.252 e. The lowest BCUT2D eigenvalue weighted by Crippen LogP contribution is -2.26. The molecule has 2 heterocycles. The first-order valence-corrected chi connectivity index (χ1v) is 8.93. The number of pyridine rings is 1. The molecular formula is C20H19F2N3O5. The monoisotopic (exact) mass is 419 g/mol. The first-order chi connectivity index (χ1) is 14.5. The number of hydrogen-bond acceptors (Lipinski definition) is 7. The third-order valence-corrected chi connectivity index (χ3v) is 4.16. The van der Waals surface area contributed by atoms with Crippen molar-refractivity contribution in [2.24, 2.45) is 0 Å². The van der Waals surface area contributed by atoms with Crippen LogP contribution in [0.2, 0.25) is 0 Å². The highest BCUT2D eigenvalue weighted by molar-refractivity contribution is 5.93. The quantitative estimate of drug-likeness (QED) is 0.513. The summed E-state index contributed by atoms with van der Waals surface area (Å²) in [7, 11) is 1.54. The molecule has 0 saturated heterocycles. The lowest BCUT2D eigenvalue weighted by molar-refractivity contribution is 0.0936. The predicted octanol–water partition coefficient (Wildman–Crippen LogP) is 2.46. The fraction of sp³-hybridized carbons (Fsp3) is 0.250. The van der Waals surface area contributed by atoms with Gasteiger partial charge in [-0.25, -0.2) is 13.8 Å². The van der Waals surface area contributed by atoms with E-state index in [1.165, 1.54) is 25.4 Å². The van der Waals surface area contributed by atoms with Crippen molar-refractivity contribution in [1.29, 1.82) is 0 Å². The SMILES string of the molecule is COCCNC(=O)c1ccc(OCc2c(-c3ccc(F)c(F)c3)noc2CO)nc1. The zero-order valence-electron chi connectivity index (χ0n) is 16.0. The summed E-state index contributed by atoms with van der Waals surface area (Å²) in [5.41, 5.74) is 1.20. The molecule has 0 fully saturated rings. The number of halogens is 2. The second-order valence-corrected chi connectivity index (χ2v) is 6.14. The van der Waals surface area contributed by atoms with Gasteiger partial charge >= 0.3 is 0 Å². The Balaban J connectivity index is 1.72. The molecule has 0 atom stereocenters. The Kier molecular flexibility index (Phi) is 7.04.